The highest BCUT2D eigenvalue weighted by atomic mass is 35.5. The summed E-state index contributed by atoms with van der Waals surface area (Å²) in [4.78, 5) is 2.41. The Morgan fingerprint density at radius 3 is 2.20 bits per heavy atom. The average Bonchev–Trinajstić information content (AvgIpc) is 2.61. The van der Waals surface area contributed by atoms with Gasteiger partial charge in [-0.2, -0.15) is 0 Å². The Morgan fingerprint density at radius 1 is 0.920 bits per heavy atom. The van der Waals surface area contributed by atoms with E-state index in [1.165, 1.54) is 38.5 Å². The smallest absolute Gasteiger partial charge is 0.0937 e. The first-order valence-electron chi connectivity index (χ1n) is 9.75. The van der Waals surface area contributed by atoms with E-state index in [1.54, 1.807) is 0 Å². The van der Waals surface area contributed by atoms with Crippen LogP contribution in [0.1, 0.15) is 64.0 Å². The summed E-state index contributed by atoms with van der Waals surface area (Å²) in [7, 11) is 0. The van der Waals surface area contributed by atoms with Crippen LogP contribution in [0.15, 0.2) is 36.4 Å². The molecule has 0 aliphatic rings. The van der Waals surface area contributed by atoms with E-state index in [1.807, 2.05) is 24.3 Å². The molecule has 0 radical (unpaired) electrons. The number of fused-ring (bicyclic) bond motifs is 1. The number of benzene rings is 2. The van der Waals surface area contributed by atoms with Crippen LogP contribution in [-0.2, 0) is 0 Å². The predicted molar refractivity (Wildman–Crippen MR) is 109 cm³/mol. The third kappa shape index (κ3) is 5.99. The van der Waals surface area contributed by atoms with Gasteiger partial charge in [0.15, 0.2) is 0 Å². The van der Waals surface area contributed by atoms with E-state index >= 15 is 0 Å². The molecule has 1 N–H and O–H groups in total. The number of aliphatic hydroxyl groups is 1. The second kappa shape index (κ2) is 10.8. The fourth-order valence-corrected chi connectivity index (χ4v) is 3.70. The van der Waals surface area contributed by atoms with Crippen molar-refractivity contribution < 1.29 is 5.11 Å². The largest absolute Gasteiger partial charge is 0.387 e. The molecule has 2 aromatic carbocycles. The van der Waals surface area contributed by atoms with Crippen molar-refractivity contribution >= 4 is 22.4 Å². The lowest BCUT2D eigenvalue weighted by Crippen LogP contribution is -2.31. The minimum atomic E-state index is -0.554. The molecule has 0 saturated carbocycles. The zero-order valence-corrected chi connectivity index (χ0v) is 16.4. The molecular formula is C22H32ClNO. The van der Waals surface area contributed by atoms with Crippen molar-refractivity contribution in [2.24, 2.45) is 0 Å². The van der Waals surface area contributed by atoms with Crippen molar-refractivity contribution in [1.29, 1.82) is 0 Å². The molecule has 138 valence electrons. The van der Waals surface area contributed by atoms with Crippen molar-refractivity contribution in [1.82, 2.24) is 4.90 Å². The van der Waals surface area contributed by atoms with Gasteiger partial charge in [0.2, 0.25) is 0 Å². The van der Waals surface area contributed by atoms with Gasteiger partial charge in [-0.05, 0) is 42.8 Å². The highest BCUT2D eigenvalue weighted by molar-refractivity contribution is 6.32. The second-order valence-corrected chi connectivity index (χ2v) is 7.32. The molecular weight excluding hydrogens is 330 g/mol. The van der Waals surface area contributed by atoms with Crippen LogP contribution >= 0.6 is 11.6 Å². The molecule has 2 aromatic rings. The molecule has 3 heteroatoms. The Bertz CT molecular complexity index is 633. The van der Waals surface area contributed by atoms with Crippen LogP contribution in [0.3, 0.4) is 0 Å². The van der Waals surface area contributed by atoms with E-state index in [4.69, 9.17) is 11.6 Å². The lowest BCUT2D eigenvalue weighted by molar-refractivity contribution is 0.112. The van der Waals surface area contributed by atoms with Crippen LogP contribution in [0.2, 0.25) is 5.02 Å². The van der Waals surface area contributed by atoms with E-state index in [-0.39, 0.29) is 0 Å². The third-order valence-electron chi connectivity index (χ3n) is 4.84. The van der Waals surface area contributed by atoms with Crippen molar-refractivity contribution in [3.8, 4) is 0 Å². The number of hydrogen-bond acceptors (Lipinski definition) is 2. The summed E-state index contributed by atoms with van der Waals surface area (Å²) in [6.07, 6.45) is 6.77. The summed E-state index contributed by atoms with van der Waals surface area (Å²) in [5, 5.41) is 13.8. The number of rotatable bonds is 11. The van der Waals surface area contributed by atoms with Crippen molar-refractivity contribution in [2.75, 3.05) is 19.6 Å². The van der Waals surface area contributed by atoms with Crippen LogP contribution in [0.5, 0.6) is 0 Å². The van der Waals surface area contributed by atoms with Crippen LogP contribution in [0.25, 0.3) is 10.8 Å². The average molecular weight is 362 g/mol. The molecule has 25 heavy (non-hydrogen) atoms. The topological polar surface area (TPSA) is 23.5 Å². The molecule has 0 saturated heterocycles. The fourth-order valence-electron chi connectivity index (χ4n) is 3.41. The second-order valence-electron chi connectivity index (χ2n) is 6.91. The fraction of sp³-hybridized carbons (Fsp3) is 0.545. The van der Waals surface area contributed by atoms with Gasteiger partial charge in [-0.3, -0.25) is 0 Å². The molecule has 0 spiro atoms. The van der Waals surface area contributed by atoms with E-state index in [0.29, 0.717) is 11.6 Å². The number of unbranched alkanes of at least 4 members (excludes halogenated alkanes) is 4. The Morgan fingerprint density at radius 2 is 1.56 bits per heavy atom. The van der Waals surface area contributed by atoms with E-state index < -0.39 is 6.10 Å². The highest BCUT2D eigenvalue weighted by Crippen LogP contribution is 2.31. The molecule has 2 nitrogen and oxygen atoms in total. The van der Waals surface area contributed by atoms with E-state index in [9.17, 15) is 5.11 Å². The van der Waals surface area contributed by atoms with Crippen molar-refractivity contribution in [3.05, 3.63) is 47.0 Å². The van der Waals surface area contributed by atoms with Crippen LogP contribution in [-0.4, -0.2) is 29.6 Å². The van der Waals surface area contributed by atoms with Gasteiger partial charge in [0, 0.05) is 17.1 Å². The maximum Gasteiger partial charge on any atom is 0.0937 e. The zero-order chi connectivity index (χ0) is 18.1. The molecule has 0 aliphatic heterocycles. The van der Waals surface area contributed by atoms with Crippen molar-refractivity contribution in [3.63, 3.8) is 0 Å². The highest BCUT2D eigenvalue weighted by Gasteiger charge is 2.18. The molecule has 2 rings (SSSR count). The monoisotopic (exact) mass is 361 g/mol. The number of halogens is 1. The Labute approximate surface area is 157 Å². The summed E-state index contributed by atoms with van der Waals surface area (Å²) < 4.78 is 0. The number of nitrogens with zero attached hydrogens (tertiary/aromatic N) is 1. The van der Waals surface area contributed by atoms with Gasteiger partial charge in [0.05, 0.1) is 6.10 Å². The summed E-state index contributed by atoms with van der Waals surface area (Å²) in [5.41, 5.74) is 0.871. The number of hydrogen-bond donors (Lipinski definition) is 1. The maximum absolute atomic E-state index is 11.0. The van der Waals surface area contributed by atoms with Crippen molar-refractivity contribution in [2.45, 2.75) is 58.5 Å². The molecule has 0 bridgehead atoms. The van der Waals surface area contributed by atoms with E-state index in [0.717, 1.165) is 29.4 Å². The molecule has 1 atom stereocenters. The molecule has 0 amide bonds. The first kappa shape index (κ1) is 20.2. The third-order valence-corrected chi connectivity index (χ3v) is 5.17. The zero-order valence-electron chi connectivity index (χ0n) is 15.7. The van der Waals surface area contributed by atoms with Gasteiger partial charge in [-0.15, -0.1) is 0 Å². The van der Waals surface area contributed by atoms with Gasteiger partial charge in [0.1, 0.15) is 0 Å². The van der Waals surface area contributed by atoms with Gasteiger partial charge < -0.3 is 10.0 Å². The summed E-state index contributed by atoms with van der Waals surface area (Å²) in [5.74, 6) is 0. The SMILES string of the molecule is CCCCCN(CCCCC)CC(O)c1c(Cl)ccc2ccccc12. The van der Waals surface area contributed by atoms with Gasteiger partial charge in [-0.25, -0.2) is 0 Å². The first-order chi connectivity index (χ1) is 12.2. The minimum Gasteiger partial charge on any atom is -0.387 e. The summed E-state index contributed by atoms with van der Waals surface area (Å²) >= 11 is 6.46. The van der Waals surface area contributed by atoms with Crippen LogP contribution in [0, 0.1) is 0 Å². The van der Waals surface area contributed by atoms with Gasteiger partial charge in [0.25, 0.3) is 0 Å². The molecule has 1 unspecified atom stereocenters. The summed E-state index contributed by atoms with van der Waals surface area (Å²) in [6, 6.07) is 12.1. The lowest BCUT2D eigenvalue weighted by atomic mass is 9.99. The van der Waals surface area contributed by atoms with Crippen LogP contribution in [0.4, 0.5) is 0 Å². The molecule has 0 aromatic heterocycles. The Balaban J connectivity index is 2.13. The predicted octanol–water partition coefficient (Wildman–Crippen LogP) is 6.21. The van der Waals surface area contributed by atoms with E-state index in [2.05, 4.69) is 30.9 Å². The standard InChI is InChI=1S/C22H32ClNO/c1-3-5-9-15-24(16-10-6-4-2)17-21(25)22-19-12-8-7-11-18(19)13-14-20(22)23/h7-8,11-14,21,25H,3-6,9-10,15-17H2,1-2H3. The minimum absolute atomic E-state index is 0.554. The maximum atomic E-state index is 11.0. The summed E-state index contributed by atoms with van der Waals surface area (Å²) in [6.45, 7) is 7.22. The first-order valence-corrected chi connectivity index (χ1v) is 10.1. The quantitative estimate of drug-likeness (QED) is 0.481. The normalized spacial score (nSPS) is 12.8. The Kier molecular flexibility index (Phi) is 8.74. The molecule has 0 heterocycles. The lowest BCUT2D eigenvalue weighted by Gasteiger charge is -2.26. The molecule has 0 aliphatic carbocycles. The Hall–Kier alpha value is -1.09. The van der Waals surface area contributed by atoms with Gasteiger partial charge >= 0.3 is 0 Å². The number of aliphatic hydroxyl groups excluding tert-OH is 1. The van der Waals surface area contributed by atoms with Crippen LogP contribution < -0.4 is 0 Å². The van der Waals surface area contributed by atoms with Gasteiger partial charge in [-0.1, -0.05) is 81.5 Å². The molecule has 0 fully saturated rings.